The van der Waals surface area contributed by atoms with E-state index in [-0.39, 0.29) is 36.5 Å². The fourth-order valence-electron chi connectivity index (χ4n) is 3.83. The molecule has 0 radical (unpaired) electrons. The molecule has 1 aliphatic heterocycles. The van der Waals surface area contributed by atoms with Gasteiger partial charge < -0.3 is 18.9 Å². The number of nitro benzene ring substituents is 1. The number of carbonyl (C=O) groups excluding carboxylic acids is 1. The summed E-state index contributed by atoms with van der Waals surface area (Å²) in [5.74, 6) is 1.14. The molecule has 1 heterocycles. The Balaban J connectivity index is 1.80. The average Bonchev–Trinajstić information content (AvgIpc) is 2.79. The van der Waals surface area contributed by atoms with Crippen molar-refractivity contribution in [3.8, 4) is 17.2 Å². The molecule has 0 bridgehead atoms. The number of fused-ring (bicyclic) bond motifs is 1. The van der Waals surface area contributed by atoms with Crippen LogP contribution in [0.15, 0.2) is 36.4 Å². The molecule has 0 aliphatic carbocycles. The van der Waals surface area contributed by atoms with Crippen molar-refractivity contribution in [1.29, 1.82) is 0 Å². The van der Waals surface area contributed by atoms with Crippen molar-refractivity contribution in [2.24, 2.45) is 0 Å². The Morgan fingerprint density at radius 1 is 1.13 bits per heavy atom. The van der Waals surface area contributed by atoms with Gasteiger partial charge in [-0.3, -0.25) is 19.8 Å². The standard InChI is InChI=1S/C22H26N2O7/c1-28-20-12-15-8-9-23(10-11-31-19-7-5-4-6-17(19)24(26)27)18(14-22(25)30-3)16(15)13-21(20)29-2/h4-7,12-13,18H,8-11,14H2,1-3H3/t18-/m1/s1. The molecule has 9 heteroatoms. The molecule has 166 valence electrons. The Hall–Kier alpha value is -3.33. The predicted octanol–water partition coefficient (Wildman–Crippen LogP) is 3.15. The van der Waals surface area contributed by atoms with Crippen molar-refractivity contribution in [3.63, 3.8) is 0 Å². The predicted molar refractivity (Wildman–Crippen MR) is 113 cm³/mol. The van der Waals surface area contributed by atoms with E-state index in [0.29, 0.717) is 24.6 Å². The fraction of sp³-hybridized carbons (Fsp3) is 0.409. The molecular formula is C22H26N2O7. The summed E-state index contributed by atoms with van der Waals surface area (Å²) in [6, 6.07) is 9.89. The minimum Gasteiger partial charge on any atom is -0.493 e. The third-order valence-electron chi connectivity index (χ3n) is 5.40. The van der Waals surface area contributed by atoms with E-state index in [2.05, 4.69) is 4.90 Å². The van der Waals surface area contributed by atoms with E-state index in [1.54, 1.807) is 32.4 Å². The van der Waals surface area contributed by atoms with Gasteiger partial charge in [-0.15, -0.1) is 0 Å². The second-order valence-electron chi connectivity index (χ2n) is 7.06. The Labute approximate surface area is 180 Å². The van der Waals surface area contributed by atoms with E-state index in [0.717, 1.165) is 17.5 Å². The van der Waals surface area contributed by atoms with Crippen LogP contribution in [0.4, 0.5) is 5.69 Å². The first-order chi connectivity index (χ1) is 15.0. The number of ether oxygens (including phenoxy) is 4. The van der Waals surface area contributed by atoms with Crippen LogP contribution in [-0.4, -0.2) is 56.8 Å². The molecule has 1 atom stereocenters. The first-order valence-corrected chi connectivity index (χ1v) is 9.90. The van der Waals surface area contributed by atoms with Gasteiger partial charge in [-0.05, 0) is 35.7 Å². The van der Waals surface area contributed by atoms with Gasteiger partial charge in [0.2, 0.25) is 0 Å². The number of para-hydroxylation sites is 2. The van der Waals surface area contributed by atoms with E-state index >= 15 is 0 Å². The SMILES string of the molecule is COC(=O)C[C@@H]1c2cc(OC)c(OC)cc2CCN1CCOc1ccccc1[N+](=O)[O-]. The van der Waals surface area contributed by atoms with Gasteiger partial charge in [0.25, 0.3) is 0 Å². The Morgan fingerprint density at radius 2 is 1.84 bits per heavy atom. The molecule has 9 nitrogen and oxygen atoms in total. The summed E-state index contributed by atoms with van der Waals surface area (Å²) in [7, 11) is 4.52. The average molecular weight is 430 g/mol. The first kappa shape index (κ1) is 22.4. The number of benzene rings is 2. The Morgan fingerprint density at radius 3 is 2.52 bits per heavy atom. The van der Waals surface area contributed by atoms with Crippen LogP contribution < -0.4 is 14.2 Å². The van der Waals surface area contributed by atoms with Crippen LogP contribution in [0.1, 0.15) is 23.6 Å². The zero-order valence-electron chi connectivity index (χ0n) is 17.8. The summed E-state index contributed by atoms with van der Waals surface area (Å²) in [6.45, 7) is 1.43. The van der Waals surface area contributed by atoms with Crippen molar-refractivity contribution in [3.05, 3.63) is 57.6 Å². The molecule has 0 aromatic heterocycles. The highest BCUT2D eigenvalue weighted by atomic mass is 16.6. The zero-order valence-corrected chi connectivity index (χ0v) is 17.8. The molecule has 2 aromatic carbocycles. The fourth-order valence-corrected chi connectivity index (χ4v) is 3.83. The molecule has 0 saturated heterocycles. The molecule has 0 fully saturated rings. The van der Waals surface area contributed by atoms with Gasteiger partial charge in [0.15, 0.2) is 17.2 Å². The Kier molecular flexibility index (Phi) is 7.30. The number of methoxy groups -OCH3 is 3. The number of hydrogen-bond acceptors (Lipinski definition) is 8. The molecular weight excluding hydrogens is 404 g/mol. The van der Waals surface area contributed by atoms with Gasteiger partial charge in [0.05, 0.1) is 32.7 Å². The molecule has 0 saturated carbocycles. The van der Waals surface area contributed by atoms with Gasteiger partial charge in [-0.2, -0.15) is 0 Å². The maximum absolute atomic E-state index is 12.1. The van der Waals surface area contributed by atoms with Crippen LogP contribution in [0.25, 0.3) is 0 Å². The van der Waals surface area contributed by atoms with Crippen LogP contribution in [0.5, 0.6) is 17.2 Å². The molecule has 0 amide bonds. The quantitative estimate of drug-likeness (QED) is 0.340. The van der Waals surface area contributed by atoms with Crippen LogP contribution in [0.2, 0.25) is 0 Å². The second kappa shape index (κ2) is 10.1. The first-order valence-electron chi connectivity index (χ1n) is 9.90. The third-order valence-corrected chi connectivity index (χ3v) is 5.40. The molecule has 3 rings (SSSR count). The molecule has 0 spiro atoms. The molecule has 0 unspecified atom stereocenters. The molecule has 2 aromatic rings. The highest BCUT2D eigenvalue weighted by Gasteiger charge is 2.31. The smallest absolute Gasteiger partial charge is 0.310 e. The lowest BCUT2D eigenvalue weighted by molar-refractivity contribution is -0.385. The Bertz CT molecular complexity index is 947. The van der Waals surface area contributed by atoms with E-state index in [1.807, 2.05) is 12.1 Å². The summed E-state index contributed by atoms with van der Waals surface area (Å²) in [6.07, 6.45) is 0.934. The summed E-state index contributed by atoms with van der Waals surface area (Å²) in [4.78, 5) is 25.0. The lowest BCUT2D eigenvalue weighted by Gasteiger charge is -2.37. The molecule has 0 N–H and O–H groups in total. The van der Waals surface area contributed by atoms with E-state index in [9.17, 15) is 14.9 Å². The maximum Gasteiger partial charge on any atom is 0.310 e. The highest BCUT2D eigenvalue weighted by molar-refractivity contribution is 5.70. The number of nitro groups is 1. The van der Waals surface area contributed by atoms with Crippen molar-refractivity contribution in [2.75, 3.05) is 41.0 Å². The van der Waals surface area contributed by atoms with Crippen molar-refractivity contribution in [1.82, 2.24) is 4.90 Å². The summed E-state index contributed by atoms with van der Waals surface area (Å²) >= 11 is 0. The summed E-state index contributed by atoms with van der Waals surface area (Å²) in [5.41, 5.74) is 1.98. The largest absolute Gasteiger partial charge is 0.493 e. The number of carbonyl (C=O) groups is 1. The van der Waals surface area contributed by atoms with Gasteiger partial charge in [0.1, 0.15) is 6.61 Å². The summed E-state index contributed by atoms with van der Waals surface area (Å²) in [5, 5.41) is 11.2. The zero-order chi connectivity index (χ0) is 22.4. The van der Waals surface area contributed by atoms with E-state index < -0.39 is 4.92 Å². The maximum atomic E-state index is 12.1. The van der Waals surface area contributed by atoms with Crippen LogP contribution in [0.3, 0.4) is 0 Å². The minimum atomic E-state index is -0.466. The summed E-state index contributed by atoms with van der Waals surface area (Å²) < 4.78 is 21.5. The minimum absolute atomic E-state index is 0.0746. The number of rotatable bonds is 9. The molecule has 31 heavy (non-hydrogen) atoms. The molecule has 1 aliphatic rings. The monoisotopic (exact) mass is 430 g/mol. The second-order valence-corrected chi connectivity index (χ2v) is 7.06. The topological polar surface area (TPSA) is 100 Å². The number of esters is 1. The van der Waals surface area contributed by atoms with Gasteiger partial charge >= 0.3 is 11.7 Å². The van der Waals surface area contributed by atoms with E-state index in [4.69, 9.17) is 18.9 Å². The van der Waals surface area contributed by atoms with Crippen LogP contribution in [-0.2, 0) is 16.0 Å². The van der Waals surface area contributed by atoms with Gasteiger partial charge in [-0.25, -0.2) is 0 Å². The lowest BCUT2D eigenvalue weighted by atomic mass is 9.90. The van der Waals surface area contributed by atoms with Gasteiger partial charge in [-0.1, -0.05) is 12.1 Å². The van der Waals surface area contributed by atoms with Crippen molar-refractivity contribution in [2.45, 2.75) is 18.9 Å². The van der Waals surface area contributed by atoms with Crippen LogP contribution in [0, 0.1) is 10.1 Å². The van der Waals surface area contributed by atoms with Gasteiger partial charge in [0, 0.05) is 25.2 Å². The lowest BCUT2D eigenvalue weighted by Crippen LogP contribution is -2.39. The van der Waals surface area contributed by atoms with Crippen molar-refractivity contribution < 1.29 is 28.7 Å². The third kappa shape index (κ3) is 5.05. The number of hydrogen-bond donors (Lipinski definition) is 0. The van der Waals surface area contributed by atoms with E-state index in [1.165, 1.54) is 13.2 Å². The number of nitrogens with zero attached hydrogens (tertiary/aromatic N) is 2. The van der Waals surface area contributed by atoms with Crippen molar-refractivity contribution >= 4 is 11.7 Å². The van der Waals surface area contributed by atoms with Crippen LogP contribution >= 0.6 is 0 Å². The highest BCUT2D eigenvalue weighted by Crippen LogP contribution is 2.39. The normalized spacial score (nSPS) is 15.6.